The van der Waals surface area contributed by atoms with Gasteiger partial charge in [-0.3, -0.25) is 14.2 Å². The highest BCUT2D eigenvalue weighted by atomic mass is 16.3. The van der Waals surface area contributed by atoms with Crippen molar-refractivity contribution in [3.63, 3.8) is 0 Å². The second-order valence-corrected chi connectivity index (χ2v) is 7.24. The molecule has 0 aliphatic heterocycles. The number of carbonyl (C=O) groups excluding carboxylic acids is 1. The Balaban J connectivity index is 2.17. The van der Waals surface area contributed by atoms with Crippen LogP contribution in [0.5, 0.6) is 5.88 Å². The fourth-order valence-corrected chi connectivity index (χ4v) is 2.61. The molecule has 9 heteroatoms. The standard InChI is InChI=1S/C17H24N6O3/c1-10(2)8-22-13-7-12(18-9-21(3)4)20-23(13)17(26)14(16(22)25)15(24)19-11-5-6-11/h7,9-11,25H,5-6,8H2,1-4H3,(H,19,24). The van der Waals surface area contributed by atoms with E-state index in [0.29, 0.717) is 18.0 Å². The summed E-state index contributed by atoms with van der Waals surface area (Å²) in [4.78, 5) is 31.2. The molecule has 0 saturated heterocycles. The Labute approximate surface area is 150 Å². The molecule has 2 aromatic heterocycles. The van der Waals surface area contributed by atoms with Crippen LogP contribution in [-0.4, -0.2) is 56.6 Å². The van der Waals surface area contributed by atoms with Gasteiger partial charge in [-0.2, -0.15) is 4.52 Å². The van der Waals surface area contributed by atoms with Gasteiger partial charge in [0.2, 0.25) is 5.88 Å². The molecule has 2 heterocycles. The number of aliphatic imine (C=N–C) groups is 1. The number of amides is 1. The number of aromatic hydroxyl groups is 1. The summed E-state index contributed by atoms with van der Waals surface area (Å²) in [5, 5.41) is 17.6. The maximum atomic E-state index is 12.8. The molecule has 0 aromatic carbocycles. The summed E-state index contributed by atoms with van der Waals surface area (Å²) in [6, 6.07) is 1.69. The normalized spacial score (nSPS) is 14.5. The third kappa shape index (κ3) is 3.56. The molecular formula is C17H24N6O3. The molecule has 2 N–H and O–H groups in total. The van der Waals surface area contributed by atoms with Crippen molar-refractivity contribution >= 4 is 23.7 Å². The number of rotatable bonds is 6. The number of nitrogens with one attached hydrogen (secondary N) is 1. The smallest absolute Gasteiger partial charge is 0.291 e. The Morgan fingerprint density at radius 3 is 2.77 bits per heavy atom. The van der Waals surface area contributed by atoms with Crippen LogP contribution in [-0.2, 0) is 6.54 Å². The van der Waals surface area contributed by atoms with Gasteiger partial charge in [-0.25, -0.2) is 4.99 Å². The van der Waals surface area contributed by atoms with Gasteiger partial charge < -0.3 is 15.3 Å². The summed E-state index contributed by atoms with van der Waals surface area (Å²) in [5.74, 6) is -0.386. The van der Waals surface area contributed by atoms with Crippen LogP contribution in [0.4, 0.5) is 5.82 Å². The van der Waals surface area contributed by atoms with Crippen LogP contribution in [0.15, 0.2) is 15.9 Å². The van der Waals surface area contributed by atoms with Crippen molar-refractivity contribution in [1.29, 1.82) is 0 Å². The van der Waals surface area contributed by atoms with Crippen LogP contribution in [0.3, 0.4) is 0 Å². The van der Waals surface area contributed by atoms with E-state index < -0.39 is 11.5 Å². The molecule has 26 heavy (non-hydrogen) atoms. The first-order valence-corrected chi connectivity index (χ1v) is 8.65. The molecule has 0 unspecified atom stereocenters. The average Bonchev–Trinajstić information content (AvgIpc) is 3.25. The molecule has 140 valence electrons. The Morgan fingerprint density at radius 1 is 1.50 bits per heavy atom. The fourth-order valence-electron chi connectivity index (χ4n) is 2.61. The highest BCUT2D eigenvalue weighted by Gasteiger charge is 2.29. The molecule has 2 aromatic rings. The Bertz CT molecular complexity index is 921. The molecule has 1 fully saturated rings. The van der Waals surface area contributed by atoms with Gasteiger partial charge in [-0.15, -0.1) is 5.10 Å². The molecule has 3 rings (SSSR count). The van der Waals surface area contributed by atoms with Crippen LogP contribution in [0.1, 0.15) is 37.0 Å². The van der Waals surface area contributed by atoms with Gasteiger partial charge >= 0.3 is 0 Å². The van der Waals surface area contributed by atoms with E-state index in [4.69, 9.17) is 0 Å². The van der Waals surface area contributed by atoms with Crippen LogP contribution < -0.4 is 10.9 Å². The average molecular weight is 360 g/mol. The zero-order valence-corrected chi connectivity index (χ0v) is 15.4. The summed E-state index contributed by atoms with van der Waals surface area (Å²) in [6.45, 7) is 4.40. The van der Waals surface area contributed by atoms with Gasteiger partial charge in [-0.05, 0) is 18.8 Å². The van der Waals surface area contributed by atoms with E-state index in [1.165, 1.54) is 4.57 Å². The van der Waals surface area contributed by atoms with Crippen LogP contribution in [0.25, 0.3) is 5.65 Å². The minimum Gasteiger partial charge on any atom is -0.494 e. The lowest BCUT2D eigenvalue weighted by Crippen LogP contribution is -2.34. The van der Waals surface area contributed by atoms with Crippen molar-refractivity contribution < 1.29 is 9.90 Å². The predicted octanol–water partition coefficient (Wildman–Crippen LogP) is 0.971. The quantitative estimate of drug-likeness (QED) is 0.590. The molecule has 0 spiro atoms. The van der Waals surface area contributed by atoms with Crippen molar-refractivity contribution in [2.24, 2.45) is 10.9 Å². The van der Waals surface area contributed by atoms with Gasteiger partial charge in [0.1, 0.15) is 5.65 Å². The molecule has 1 aliphatic carbocycles. The minimum absolute atomic E-state index is 0.0772. The van der Waals surface area contributed by atoms with E-state index in [9.17, 15) is 14.7 Å². The number of hydrogen-bond acceptors (Lipinski definition) is 5. The molecule has 1 aliphatic rings. The van der Waals surface area contributed by atoms with Crippen molar-refractivity contribution in [3.05, 3.63) is 22.0 Å². The Kier molecular flexibility index (Phi) is 4.71. The lowest BCUT2D eigenvalue weighted by molar-refractivity contribution is 0.0944. The zero-order chi connectivity index (χ0) is 19.0. The largest absolute Gasteiger partial charge is 0.494 e. The molecule has 0 bridgehead atoms. The minimum atomic E-state index is -0.651. The first kappa shape index (κ1) is 18.0. The summed E-state index contributed by atoms with van der Waals surface area (Å²) in [7, 11) is 3.65. The third-order valence-corrected chi connectivity index (χ3v) is 3.95. The van der Waals surface area contributed by atoms with Crippen LogP contribution in [0.2, 0.25) is 0 Å². The number of nitrogens with zero attached hydrogens (tertiary/aromatic N) is 5. The topological polar surface area (TPSA) is 104 Å². The highest BCUT2D eigenvalue weighted by Crippen LogP contribution is 2.24. The van der Waals surface area contributed by atoms with Gasteiger partial charge in [0, 0.05) is 32.7 Å². The fraction of sp³-hybridized carbons (Fsp3) is 0.529. The zero-order valence-electron chi connectivity index (χ0n) is 15.4. The molecule has 1 saturated carbocycles. The van der Waals surface area contributed by atoms with E-state index in [1.54, 1.807) is 17.3 Å². The number of fused-ring (bicyclic) bond motifs is 1. The molecule has 0 radical (unpaired) electrons. The van der Waals surface area contributed by atoms with E-state index >= 15 is 0 Å². The summed E-state index contributed by atoms with van der Waals surface area (Å²) >= 11 is 0. The van der Waals surface area contributed by atoms with E-state index in [1.807, 2.05) is 27.9 Å². The van der Waals surface area contributed by atoms with E-state index in [-0.39, 0.29) is 23.4 Å². The lowest BCUT2D eigenvalue weighted by Gasteiger charge is -2.16. The van der Waals surface area contributed by atoms with Gasteiger partial charge in [-0.1, -0.05) is 13.8 Å². The lowest BCUT2D eigenvalue weighted by atomic mass is 10.2. The highest BCUT2D eigenvalue weighted by molar-refractivity contribution is 5.96. The van der Waals surface area contributed by atoms with Crippen LogP contribution >= 0.6 is 0 Å². The van der Waals surface area contributed by atoms with Gasteiger partial charge in [0.15, 0.2) is 11.4 Å². The first-order chi connectivity index (χ1) is 12.3. The number of hydrogen-bond donors (Lipinski definition) is 2. The maximum absolute atomic E-state index is 12.8. The molecular weight excluding hydrogens is 336 g/mol. The molecule has 1 amide bonds. The predicted molar refractivity (Wildman–Crippen MR) is 98.3 cm³/mol. The monoisotopic (exact) mass is 360 g/mol. The molecule has 9 nitrogen and oxygen atoms in total. The first-order valence-electron chi connectivity index (χ1n) is 8.65. The second kappa shape index (κ2) is 6.81. The van der Waals surface area contributed by atoms with Crippen molar-refractivity contribution in [2.45, 2.75) is 39.3 Å². The van der Waals surface area contributed by atoms with E-state index in [2.05, 4.69) is 15.4 Å². The maximum Gasteiger partial charge on any atom is 0.291 e. The van der Waals surface area contributed by atoms with Crippen molar-refractivity contribution in [2.75, 3.05) is 14.1 Å². The Morgan fingerprint density at radius 2 is 2.19 bits per heavy atom. The Hall–Kier alpha value is -2.84. The third-order valence-electron chi connectivity index (χ3n) is 3.95. The SMILES string of the molecule is CC(C)Cn1c(O)c(C(=O)NC2CC2)c(=O)n2nc(N=CN(C)C)cc12. The summed E-state index contributed by atoms with van der Waals surface area (Å²) in [6.07, 6.45) is 3.35. The van der Waals surface area contributed by atoms with E-state index in [0.717, 1.165) is 17.4 Å². The molecule has 0 atom stereocenters. The van der Waals surface area contributed by atoms with Crippen molar-refractivity contribution in [3.8, 4) is 5.88 Å². The number of aromatic nitrogens is 3. The van der Waals surface area contributed by atoms with Gasteiger partial charge in [0.05, 0.1) is 6.34 Å². The second-order valence-electron chi connectivity index (χ2n) is 7.24. The summed E-state index contributed by atoms with van der Waals surface area (Å²) < 4.78 is 2.67. The summed E-state index contributed by atoms with van der Waals surface area (Å²) in [5.41, 5.74) is -0.534. The van der Waals surface area contributed by atoms with Gasteiger partial charge in [0.25, 0.3) is 11.5 Å². The number of carbonyl (C=O) groups is 1. The van der Waals surface area contributed by atoms with Crippen LogP contribution in [0, 0.1) is 5.92 Å². The van der Waals surface area contributed by atoms with Crippen molar-refractivity contribution in [1.82, 2.24) is 24.4 Å².